The molecule has 0 saturated heterocycles. The summed E-state index contributed by atoms with van der Waals surface area (Å²) in [5, 5.41) is 0. The van der Waals surface area contributed by atoms with Crippen LogP contribution in [0.4, 0.5) is 5.82 Å². The molecular weight excluding hydrogens is 395 g/mol. The summed E-state index contributed by atoms with van der Waals surface area (Å²) in [6.07, 6.45) is 3.59. The molecule has 0 atom stereocenters. The summed E-state index contributed by atoms with van der Waals surface area (Å²) in [7, 11) is -3.58. The smallest absolute Gasteiger partial charge is 0.262 e. The average Bonchev–Trinajstić information content (AvgIpc) is 2.42. The molecule has 1 aromatic carbocycles. The Morgan fingerprint density at radius 1 is 1.26 bits per heavy atom. The number of sulfonamides is 1. The highest BCUT2D eigenvalue weighted by atomic mass is 127. The third kappa shape index (κ3) is 3.61. The van der Waals surface area contributed by atoms with Gasteiger partial charge in [-0.3, -0.25) is 4.72 Å². The van der Waals surface area contributed by atoms with Crippen LogP contribution >= 0.6 is 34.4 Å². The lowest BCUT2D eigenvalue weighted by Gasteiger charge is -2.09. The maximum atomic E-state index is 12.1. The number of anilines is 1. The van der Waals surface area contributed by atoms with E-state index < -0.39 is 10.0 Å². The number of pyridine rings is 1. The normalized spacial score (nSPS) is 11.3. The quantitative estimate of drug-likeness (QED) is 0.626. The van der Waals surface area contributed by atoms with E-state index in [1.807, 2.05) is 12.3 Å². The molecule has 0 aliphatic heterocycles. The zero-order valence-corrected chi connectivity index (χ0v) is 13.8. The molecule has 0 unspecified atom stereocenters. The molecule has 0 spiro atoms. The molecule has 0 aliphatic carbocycles. The van der Waals surface area contributed by atoms with Gasteiger partial charge in [-0.25, -0.2) is 13.4 Å². The number of hydrogen-bond acceptors (Lipinski definition) is 4. The highest BCUT2D eigenvalue weighted by molar-refractivity contribution is 14.1. The van der Waals surface area contributed by atoms with E-state index >= 15 is 0 Å². The van der Waals surface area contributed by atoms with Crippen LogP contribution in [-0.4, -0.2) is 19.7 Å². The van der Waals surface area contributed by atoms with Crippen LogP contribution in [0.15, 0.2) is 52.4 Å². The topological polar surface area (TPSA) is 59.1 Å². The van der Waals surface area contributed by atoms with Gasteiger partial charge in [0.05, 0.1) is 8.47 Å². The first-order valence-corrected chi connectivity index (χ1v) is 9.09. The van der Waals surface area contributed by atoms with Crippen molar-refractivity contribution in [2.24, 2.45) is 0 Å². The lowest BCUT2D eigenvalue weighted by molar-refractivity contribution is 0.601. The summed E-state index contributed by atoms with van der Waals surface area (Å²) < 4.78 is 27.6. The van der Waals surface area contributed by atoms with E-state index in [-0.39, 0.29) is 4.90 Å². The van der Waals surface area contributed by atoms with Crippen molar-refractivity contribution in [2.75, 3.05) is 11.0 Å². The van der Waals surface area contributed by atoms with Crippen LogP contribution in [0.2, 0.25) is 0 Å². The fourth-order valence-corrected chi connectivity index (χ4v) is 3.84. The fourth-order valence-electron chi connectivity index (χ4n) is 1.39. The van der Waals surface area contributed by atoms with Crippen LogP contribution in [0, 0.1) is 3.57 Å². The lowest BCUT2D eigenvalue weighted by atomic mass is 10.4. The van der Waals surface area contributed by atoms with Crippen molar-refractivity contribution in [3.63, 3.8) is 0 Å². The number of thioether (sulfide) groups is 1. The molecule has 1 heterocycles. The van der Waals surface area contributed by atoms with Gasteiger partial charge in [-0.05, 0) is 47.0 Å². The van der Waals surface area contributed by atoms with E-state index in [9.17, 15) is 8.42 Å². The highest BCUT2D eigenvalue weighted by Gasteiger charge is 2.15. The molecule has 0 radical (unpaired) electrons. The molecule has 2 rings (SSSR count). The van der Waals surface area contributed by atoms with Gasteiger partial charge >= 0.3 is 0 Å². The fraction of sp³-hybridized carbons (Fsp3) is 0.0833. The van der Waals surface area contributed by atoms with Crippen LogP contribution < -0.4 is 4.72 Å². The van der Waals surface area contributed by atoms with Crippen molar-refractivity contribution in [3.05, 3.63) is 46.2 Å². The molecule has 4 nitrogen and oxygen atoms in total. The Bertz CT molecular complexity index is 675. The molecule has 0 saturated carbocycles. The van der Waals surface area contributed by atoms with Gasteiger partial charge in [-0.2, -0.15) is 0 Å². The van der Waals surface area contributed by atoms with Crippen molar-refractivity contribution in [1.29, 1.82) is 0 Å². The van der Waals surface area contributed by atoms with Crippen molar-refractivity contribution < 1.29 is 8.42 Å². The SMILES string of the molecule is CSc1cnc(NS(=O)(=O)c2ccccc2)c(I)c1. The third-order valence-electron chi connectivity index (χ3n) is 2.34. The maximum absolute atomic E-state index is 12.1. The molecule has 19 heavy (non-hydrogen) atoms. The molecule has 1 aromatic heterocycles. The van der Waals surface area contributed by atoms with E-state index in [1.54, 1.807) is 48.3 Å². The summed E-state index contributed by atoms with van der Waals surface area (Å²) in [6, 6.07) is 10.1. The van der Waals surface area contributed by atoms with Crippen LogP contribution in [0.5, 0.6) is 0 Å². The zero-order valence-electron chi connectivity index (χ0n) is 10.00. The van der Waals surface area contributed by atoms with E-state index in [0.717, 1.165) is 8.47 Å². The van der Waals surface area contributed by atoms with Gasteiger partial charge in [-0.1, -0.05) is 18.2 Å². The Balaban J connectivity index is 2.31. The van der Waals surface area contributed by atoms with Gasteiger partial charge in [0.25, 0.3) is 10.0 Å². The van der Waals surface area contributed by atoms with Gasteiger partial charge < -0.3 is 0 Å². The molecular formula is C12H11IN2O2S2. The Labute approximate surface area is 130 Å². The molecule has 0 bridgehead atoms. The number of hydrogen-bond donors (Lipinski definition) is 1. The molecule has 100 valence electrons. The van der Waals surface area contributed by atoms with Gasteiger partial charge in [0.2, 0.25) is 0 Å². The number of rotatable bonds is 4. The number of nitrogens with zero attached hydrogens (tertiary/aromatic N) is 1. The van der Waals surface area contributed by atoms with Gasteiger partial charge in [0, 0.05) is 11.1 Å². The Kier molecular flexibility index (Phi) is 4.69. The summed E-state index contributed by atoms with van der Waals surface area (Å²) in [4.78, 5) is 5.36. The monoisotopic (exact) mass is 406 g/mol. The van der Waals surface area contributed by atoms with Crippen LogP contribution in [0.25, 0.3) is 0 Å². The minimum atomic E-state index is -3.58. The van der Waals surface area contributed by atoms with Crippen LogP contribution in [0.3, 0.4) is 0 Å². The summed E-state index contributed by atoms with van der Waals surface area (Å²) in [5.74, 6) is 0.349. The summed E-state index contributed by atoms with van der Waals surface area (Å²) in [6.45, 7) is 0. The van der Waals surface area contributed by atoms with Gasteiger partial charge in [0.1, 0.15) is 0 Å². The van der Waals surface area contributed by atoms with Crippen molar-refractivity contribution in [3.8, 4) is 0 Å². The molecule has 0 aliphatic rings. The Hall–Kier alpha value is -0.800. The van der Waals surface area contributed by atoms with Crippen LogP contribution in [-0.2, 0) is 10.0 Å². The minimum absolute atomic E-state index is 0.224. The second kappa shape index (κ2) is 6.10. The first-order chi connectivity index (χ1) is 9.03. The number of nitrogens with one attached hydrogen (secondary N) is 1. The predicted molar refractivity (Wildman–Crippen MR) is 86.0 cm³/mol. The predicted octanol–water partition coefficient (Wildman–Crippen LogP) is 3.21. The Morgan fingerprint density at radius 2 is 1.95 bits per heavy atom. The maximum Gasteiger partial charge on any atom is 0.263 e. The molecule has 0 fully saturated rings. The second-order valence-corrected chi connectivity index (χ2v) is 7.35. The van der Waals surface area contributed by atoms with E-state index in [4.69, 9.17) is 0 Å². The van der Waals surface area contributed by atoms with E-state index in [1.165, 1.54) is 0 Å². The second-order valence-electron chi connectivity index (χ2n) is 3.62. The van der Waals surface area contributed by atoms with Crippen molar-refractivity contribution in [2.45, 2.75) is 9.79 Å². The number of halogens is 1. The summed E-state index contributed by atoms with van der Waals surface area (Å²) in [5.41, 5.74) is 0. The molecule has 7 heteroatoms. The third-order valence-corrected chi connectivity index (χ3v) is 5.21. The molecule has 0 amide bonds. The van der Waals surface area contributed by atoms with Crippen molar-refractivity contribution >= 4 is 50.2 Å². The number of benzene rings is 1. The Morgan fingerprint density at radius 3 is 2.53 bits per heavy atom. The highest BCUT2D eigenvalue weighted by Crippen LogP contribution is 2.23. The lowest BCUT2D eigenvalue weighted by Crippen LogP contribution is -2.14. The molecule has 2 aromatic rings. The van der Waals surface area contributed by atoms with E-state index in [0.29, 0.717) is 5.82 Å². The van der Waals surface area contributed by atoms with Crippen molar-refractivity contribution in [1.82, 2.24) is 4.98 Å². The minimum Gasteiger partial charge on any atom is -0.262 e. The standard InChI is InChI=1S/C12H11IN2O2S2/c1-18-9-7-11(13)12(14-8-9)15-19(16,17)10-5-3-2-4-6-10/h2-8H,1H3,(H,14,15). The average molecular weight is 406 g/mol. The zero-order chi connectivity index (χ0) is 13.9. The first-order valence-electron chi connectivity index (χ1n) is 5.30. The largest absolute Gasteiger partial charge is 0.263 e. The molecule has 1 N–H and O–H groups in total. The first kappa shape index (κ1) is 14.6. The van der Waals surface area contributed by atoms with Gasteiger partial charge in [-0.15, -0.1) is 11.8 Å². The van der Waals surface area contributed by atoms with E-state index in [2.05, 4.69) is 32.3 Å². The van der Waals surface area contributed by atoms with Crippen LogP contribution in [0.1, 0.15) is 0 Å². The van der Waals surface area contributed by atoms with Gasteiger partial charge in [0.15, 0.2) is 5.82 Å². The number of aromatic nitrogens is 1. The summed E-state index contributed by atoms with van der Waals surface area (Å²) >= 11 is 3.63.